The molecule has 0 aliphatic rings. The van der Waals surface area contributed by atoms with Crippen LogP contribution in [0.4, 0.5) is 11.4 Å². The lowest BCUT2D eigenvalue weighted by molar-refractivity contribution is -0.210. The SMILES string of the molecule is CCC(CC)Oc1cc(N(C)C)ccc1N=[NH2+]. The Balaban J connectivity index is 3.01. The predicted molar refractivity (Wildman–Crippen MR) is 69.8 cm³/mol. The molecule has 94 valence electrons. The molecule has 2 N–H and O–H groups in total. The van der Waals surface area contributed by atoms with E-state index >= 15 is 0 Å². The Morgan fingerprint density at radius 3 is 2.41 bits per heavy atom. The van der Waals surface area contributed by atoms with Gasteiger partial charge in [0.25, 0.3) is 0 Å². The van der Waals surface area contributed by atoms with Crippen LogP contribution in [-0.4, -0.2) is 20.2 Å². The first-order valence-electron chi connectivity index (χ1n) is 6.01. The largest absolute Gasteiger partial charge is 0.488 e. The highest BCUT2D eigenvalue weighted by atomic mass is 16.5. The zero-order valence-corrected chi connectivity index (χ0v) is 11.1. The van der Waals surface area contributed by atoms with E-state index in [0.29, 0.717) is 5.69 Å². The van der Waals surface area contributed by atoms with Crippen molar-refractivity contribution in [2.75, 3.05) is 19.0 Å². The molecule has 0 saturated heterocycles. The molecule has 0 aliphatic heterocycles. The molecule has 0 atom stereocenters. The summed E-state index contributed by atoms with van der Waals surface area (Å²) in [7, 11) is 3.99. The molecule has 0 unspecified atom stereocenters. The molecule has 1 aromatic rings. The van der Waals surface area contributed by atoms with Gasteiger partial charge in [-0.3, -0.25) is 0 Å². The molecule has 1 aromatic carbocycles. The van der Waals surface area contributed by atoms with Crippen LogP contribution in [0, 0.1) is 0 Å². The third kappa shape index (κ3) is 3.44. The minimum atomic E-state index is 0.216. The van der Waals surface area contributed by atoms with Crippen molar-refractivity contribution in [3.8, 4) is 5.75 Å². The lowest BCUT2D eigenvalue weighted by Crippen LogP contribution is -2.22. The lowest BCUT2D eigenvalue weighted by Gasteiger charge is -2.19. The van der Waals surface area contributed by atoms with E-state index < -0.39 is 0 Å². The van der Waals surface area contributed by atoms with Crippen LogP contribution in [0.3, 0.4) is 0 Å². The van der Waals surface area contributed by atoms with Crippen LogP contribution >= 0.6 is 0 Å². The third-order valence-electron chi connectivity index (χ3n) is 2.80. The molecule has 4 heteroatoms. The molecule has 0 saturated carbocycles. The van der Waals surface area contributed by atoms with Gasteiger partial charge in [0.1, 0.15) is 0 Å². The Kier molecular flexibility index (Phi) is 4.94. The minimum Gasteiger partial charge on any atom is -0.488 e. The fourth-order valence-corrected chi connectivity index (χ4v) is 1.62. The zero-order chi connectivity index (χ0) is 12.8. The number of hydrogen-bond acceptors (Lipinski definition) is 3. The van der Waals surface area contributed by atoms with Gasteiger partial charge in [0, 0.05) is 25.8 Å². The van der Waals surface area contributed by atoms with Crippen LogP contribution in [0.15, 0.2) is 23.3 Å². The van der Waals surface area contributed by atoms with Crippen molar-refractivity contribution in [3.63, 3.8) is 0 Å². The quantitative estimate of drug-likeness (QED) is 0.769. The van der Waals surface area contributed by atoms with E-state index in [-0.39, 0.29) is 6.10 Å². The van der Waals surface area contributed by atoms with Crippen molar-refractivity contribution in [2.45, 2.75) is 32.8 Å². The highest BCUT2D eigenvalue weighted by molar-refractivity contribution is 5.61. The summed E-state index contributed by atoms with van der Waals surface area (Å²) in [6, 6.07) is 5.84. The first-order chi connectivity index (χ1) is 8.12. The fraction of sp³-hybridized carbons (Fsp3) is 0.538. The number of ether oxygens (including phenoxy) is 1. The molecule has 0 bridgehead atoms. The number of benzene rings is 1. The van der Waals surface area contributed by atoms with E-state index in [0.717, 1.165) is 24.3 Å². The van der Waals surface area contributed by atoms with Gasteiger partial charge in [-0.15, -0.1) is 0 Å². The summed E-state index contributed by atoms with van der Waals surface area (Å²) in [5, 5.41) is 3.75. The van der Waals surface area contributed by atoms with Crippen molar-refractivity contribution in [1.82, 2.24) is 0 Å². The Bertz CT molecular complexity index is 373. The topological polar surface area (TPSA) is 50.4 Å². The summed E-state index contributed by atoms with van der Waals surface area (Å²) in [6.07, 6.45) is 2.17. The molecular weight excluding hydrogens is 214 g/mol. The van der Waals surface area contributed by atoms with Gasteiger partial charge in [-0.25, -0.2) is 0 Å². The van der Waals surface area contributed by atoms with Gasteiger partial charge in [-0.2, -0.15) is 5.53 Å². The van der Waals surface area contributed by atoms with Crippen molar-refractivity contribution >= 4 is 11.4 Å². The number of rotatable bonds is 6. The highest BCUT2D eigenvalue weighted by Crippen LogP contribution is 2.32. The molecule has 0 aromatic heterocycles. The first kappa shape index (κ1) is 13.5. The van der Waals surface area contributed by atoms with Crippen LogP contribution < -0.4 is 15.2 Å². The molecule has 1 rings (SSSR count). The molecule has 0 heterocycles. The van der Waals surface area contributed by atoms with E-state index in [9.17, 15) is 0 Å². The van der Waals surface area contributed by atoms with E-state index in [1.807, 2.05) is 37.2 Å². The smallest absolute Gasteiger partial charge is 0.171 e. The maximum Gasteiger partial charge on any atom is 0.171 e. The van der Waals surface area contributed by atoms with Crippen LogP contribution in [0.25, 0.3) is 0 Å². The average Bonchev–Trinajstić information content (AvgIpc) is 2.35. The maximum absolute atomic E-state index is 5.93. The molecule has 4 nitrogen and oxygen atoms in total. The first-order valence-corrected chi connectivity index (χ1v) is 6.01. The monoisotopic (exact) mass is 236 g/mol. The Hall–Kier alpha value is -1.58. The minimum absolute atomic E-state index is 0.216. The molecule has 0 radical (unpaired) electrons. The summed E-state index contributed by atoms with van der Waals surface area (Å²) in [4.78, 5) is 2.03. The van der Waals surface area contributed by atoms with Crippen LogP contribution in [0.2, 0.25) is 0 Å². The van der Waals surface area contributed by atoms with Crippen molar-refractivity contribution in [3.05, 3.63) is 18.2 Å². The highest BCUT2D eigenvalue weighted by Gasteiger charge is 2.12. The normalized spacial score (nSPS) is 10.4. The number of hydrogen-bond donors (Lipinski definition) is 1. The predicted octanol–water partition coefficient (Wildman–Crippen LogP) is 2.16. The molecule has 17 heavy (non-hydrogen) atoms. The number of anilines is 1. The second kappa shape index (κ2) is 6.23. The molecule has 0 amide bonds. The number of nitrogens with two attached hydrogens (primary N) is 1. The van der Waals surface area contributed by atoms with Crippen molar-refractivity contribution < 1.29 is 10.3 Å². The average molecular weight is 236 g/mol. The van der Waals surface area contributed by atoms with Crippen molar-refractivity contribution in [2.24, 2.45) is 5.11 Å². The van der Waals surface area contributed by atoms with E-state index in [1.54, 1.807) is 0 Å². The van der Waals surface area contributed by atoms with Crippen LogP contribution in [0.1, 0.15) is 26.7 Å². The molecule has 0 spiro atoms. The summed E-state index contributed by atoms with van der Waals surface area (Å²) < 4.78 is 5.93. The Labute approximate surface area is 103 Å². The van der Waals surface area contributed by atoms with Gasteiger partial charge < -0.3 is 9.64 Å². The summed E-state index contributed by atoms with van der Waals surface area (Å²) in [6.45, 7) is 4.23. The summed E-state index contributed by atoms with van der Waals surface area (Å²) in [5.74, 6) is 0.757. The van der Waals surface area contributed by atoms with E-state index in [2.05, 4.69) is 19.0 Å². The second-order valence-corrected chi connectivity index (χ2v) is 4.23. The van der Waals surface area contributed by atoms with E-state index in [4.69, 9.17) is 10.3 Å². The zero-order valence-electron chi connectivity index (χ0n) is 11.1. The van der Waals surface area contributed by atoms with E-state index in [1.165, 1.54) is 0 Å². The van der Waals surface area contributed by atoms with Gasteiger partial charge in [-0.05, 0) is 30.1 Å². The molecular formula is C13H22N3O+. The maximum atomic E-state index is 5.93. The van der Waals surface area contributed by atoms with Gasteiger partial charge in [0.2, 0.25) is 0 Å². The standard InChI is InChI=1S/C13H21N3O/c1-5-11(6-2)17-13-9-10(16(3)4)7-8-12(13)15-14/h7-9,11,14H,5-6H2,1-4H3/p+1. The summed E-state index contributed by atoms with van der Waals surface area (Å²) in [5.41, 5.74) is 7.15. The van der Waals surface area contributed by atoms with Gasteiger partial charge in [0.05, 0.1) is 6.10 Å². The second-order valence-electron chi connectivity index (χ2n) is 4.23. The Morgan fingerprint density at radius 1 is 1.29 bits per heavy atom. The van der Waals surface area contributed by atoms with Gasteiger partial charge in [-0.1, -0.05) is 13.8 Å². The molecule has 0 aliphatic carbocycles. The molecule has 0 fully saturated rings. The van der Waals surface area contributed by atoms with Crippen LogP contribution in [0.5, 0.6) is 5.75 Å². The number of nitrogens with zero attached hydrogens (tertiary/aromatic N) is 2. The van der Waals surface area contributed by atoms with Crippen LogP contribution in [-0.2, 0) is 0 Å². The Morgan fingerprint density at radius 2 is 1.94 bits per heavy atom. The summed E-state index contributed by atoms with van der Waals surface area (Å²) >= 11 is 0. The van der Waals surface area contributed by atoms with Crippen molar-refractivity contribution in [1.29, 1.82) is 0 Å². The lowest BCUT2D eigenvalue weighted by atomic mass is 10.2. The van der Waals surface area contributed by atoms with Gasteiger partial charge in [0.15, 0.2) is 11.4 Å². The third-order valence-corrected chi connectivity index (χ3v) is 2.80. The fourth-order valence-electron chi connectivity index (χ4n) is 1.62. The van der Waals surface area contributed by atoms with Gasteiger partial charge >= 0.3 is 0 Å².